The average molecular weight is 475 g/mol. The molecule has 0 saturated carbocycles. The van der Waals surface area contributed by atoms with Crippen LogP contribution in [-0.2, 0) is 0 Å². The van der Waals surface area contributed by atoms with Gasteiger partial charge in [-0.05, 0) is 42.7 Å². The Hall–Kier alpha value is -3.06. The second-order valence-electron chi connectivity index (χ2n) is 9.64. The summed E-state index contributed by atoms with van der Waals surface area (Å²) in [6.07, 6.45) is 3.52. The monoisotopic (exact) mass is 474 g/mol. The van der Waals surface area contributed by atoms with Crippen LogP contribution in [0, 0.1) is 5.92 Å². The molecule has 0 spiro atoms. The van der Waals surface area contributed by atoms with Crippen molar-refractivity contribution in [2.24, 2.45) is 5.92 Å². The minimum Gasteiger partial charge on any atom is -0.346 e. The number of rotatable bonds is 6. The van der Waals surface area contributed by atoms with E-state index in [0.717, 1.165) is 16.8 Å². The highest BCUT2D eigenvalue weighted by atomic mass is 35.5. The van der Waals surface area contributed by atoms with Crippen LogP contribution < -0.4 is 10.2 Å². The van der Waals surface area contributed by atoms with Gasteiger partial charge in [0.1, 0.15) is 21.5 Å². The van der Waals surface area contributed by atoms with Crippen molar-refractivity contribution in [2.75, 3.05) is 17.3 Å². The number of urea groups is 1. The lowest BCUT2D eigenvalue weighted by molar-refractivity contribution is 0.221. The van der Waals surface area contributed by atoms with Crippen LogP contribution in [0.15, 0.2) is 54.9 Å². The predicted molar refractivity (Wildman–Crippen MR) is 143 cm³/mol. The summed E-state index contributed by atoms with van der Waals surface area (Å²) in [4.78, 5) is 30.4. The van der Waals surface area contributed by atoms with Gasteiger partial charge < -0.3 is 10.2 Å². The standard InChI is InChI=1S/C24H29B2ClN6O/c1-14(2)21-24(25,26)32(4)23(34)33(21)20-10-11-28-22(31-20)30-15(3)19-9-8-17(13-29-19)16-6-5-7-18(27)12-16/h5-15,21H,25-26H2,1-4H3,(H,28,30,31)/t15-,21?/m0/s1. The number of amides is 2. The van der Waals surface area contributed by atoms with Gasteiger partial charge in [-0.2, -0.15) is 4.98 Å². The molecular formula is C24H29B2ClN6O. The molecular weight excluding hydrogens is 445 g/mol. The van der Waals surface area contributed by atoms with Gasteiger partial charge >= 0.3 is 6.03 Å². The summed E-state index contributed by atoms with van der Waals surface area (Å²) < 4.78 is 0. The molecule has 10 heteroatoms. The Morgan fingerprint density at radius 2 is 1.85 bits per heavy atom. The van der Waals surface area contributed by atoms with E-state index in [1.54, 1.807) is 22.1 Å². The molecule has 2 amide bonds. The fourth-order valence-corrected chi connectivity index (χ4v) is 4.91. The zero-order valence-corrected chi connectivity index (χ0v) is 21.2. The highest BCUT2D eigenvalue weighted by Gasteiger charge is 2.51. The summed E-state index contributed by atoms with van der Waals surface area (Å²) >= 11 is 6.11. The highest BCUT2D eigenvalue weighted by molar-refractivity contribution is 6.43. The lowest BCUT2D eigenvalue weighted by Crippen LogP contribution is -2.54. The SMILES string of the molecule is BC1(B)C(C(C)C)N(c2ccnc(N[C@@H](C)c3ccc(-c4cccc(Cl)c4)cn3)n2)C(=O)N1C. The third-order valence-electron chi connectivity index (χ3n) is 6.61. The molecule has 0 radical (unpaired) electrons. The molecule has 0 bridgehead atoms. The molecule has 1 unspecified atom stereocenters. The first-order chi connectivity index (χ1) is 16.1. The first-order valence-electron chi connectivity index (χ1n) is 11.5. The van der Waals surface area contributed by atoms with Crippen LogP contribution in [0.3, 0.4) is 0 Å². The molecule has 0 aliphatic carbocycles. The highest BCUT2D eigenvalue weighted by Crippen LogP contribution is 2.35. The van der Waals surface area contributed by atoms with Crippen molar-refractivity contribution in [2.45, 2.75) is 38.2 Å². The summed E-state index contributed by atoms with van der Waals surface area (Å²) in [5.41, 5.74) is 2.87. The van der Waals surface area contributed by atoms with Gasteiger partial charge in [-0.15, -0.1) is 0 Å². The minimum absolute atomic E-state index is 0.00845. The van der Waals surface area contributed by atoms with Crippen molar-refractivity contribution in [3.8, 4) is 11.1 Å². The Kier molecular flexibility index (Phi) is 6.58. The number of anilines is 2. The number of carbonyl (C=O) groups is 1. The van der Waals surface area contributed by atoms with E-state index >= 15 is 0 Å². The number of nitrogens with zero attached hydrogens (tertiary/aromatic N) is 5. The number of carbonyl (C=O) groups excluding carboxylic acids is 1. The van der Waals surface area contributed by atoms with Crippen LogP contribution >= 0.6 is 11.6 Å². The third-order valence-corrected chi connectivity index (χ3v) is 6.85. The van der Waals surface area contributed by atoms with Crippen molar-refractivity contribution in [1.29, 1.82) is 0 Å². The number of benzene rings is 1. The number of likely N-dealkylation sites (N-methyl/N-ethyl adjacent to an activating group) is 1. The van der Waals surface area contributed by atoms with E-state index in [4.69, 9.17) is 16.6 Å². The van der Waals surface area contributed by atoms with Crippen molar-refractivity contribution in [3.05, 3.63) is 65.6 Å². The summed E-state index contributed by atoms with van der Waals surface area (Å²) in [6.45, 7) is 6.27. The first-order valence-corrected chi connectivity index (χ1v) is 11.9. The fraction of sp³-hybridized carbons (Fsp3) is 0.333. The van der Waals surface area contributed by atoms with E-state index in [1.807, 2.05) is 56.6 Å². The first kappa shape index (κ1) is 24.1. The molecule has 7 nitrogen and oxygen atoms in total. The Labute approximate surface area is 207 Å². The maximum Gasteiger partial charge on any atom is 0.324 e. The van der Waals surface area contributed by atoms with Gasteiger partial charge in [0.25, 0.3) is 0 Å². The number of hydrogen-bond donors (Lipinski definition) is 1. The van der Waals surface area contributed by atoms with Gasteiger partial charge in [0.05, 0.1) is 17.8 Å². The van der Waals surface area contributed by atoms with E-state index in [9.17, 15) is 4.79 Å². The quantitative estimate of drug-likeness (QED) is 0.556. The molecule has 1 aromatic carbocycles. The molecule has 2 aromatic heterocycles. The molecule has 1 aliphatic heterocycles. The van der Waals surface area contributed by atoms with Gasteiger partial charge in [0.15, 0.2) is 0 Å². The molecule has 4 rings (SSSR count). The Morgan fingerprint density at radius 1 is 1.09 bits per heavy atom. The van der Waals surface area contributed by atoms with Gasteiger partial charge in [0.2, 0.25) is 5.95 Å². The van der Waals surface area contributed by atoms with Gasteiger partial charge in [-0.25, -0.2) is 9.78 Å². The van der Waals surface area contributed by atoms with Crippen LogP contribution in [-0.4, -0.2) is 60.0 Å². The zero-order valence-electron chi connectivity index (χ0n) is 20.5. The minimum atomic E-state index is -0.314. The van der Waals surface area contributed by atoms with Crippen molar-refractivity contribution >= 4 is 45.1 Å². The Morgan fingerprint density at radius 3 is 2.50 bits per heavy atom. The van der Waals surface area contributed by atoms with Gasteiger partial charge in [-0.1, -0.05) is 43.6 Å². The number of aromatic nitrogens is 3. The van der Waals surface area contributed by atoms with E-state index in [2.05, 4.69) is 44.8 Å². The second-order valence-corrected chi connectivity index (χ2v) is 10.1. The number of nitrogens with one attached hydrogen (secondary N) is 1. The Bertz CT molecular complexity index is 1190. The smallest absolute Gasteiger partial charge is 0.324 e. The maximum absolute atomic E-state index is 13.1. The van der Waals surface area contributed by atoms with E-state index in [0.29, 0.717) is 16.8 Å². The van der Waals surface area contributed by atoms with Crippen molar-refractivity contribution in [1.82, 2.24) is 19.9 Å². The zero-order chi connectivity index (χ0) is 24.6. The molecule has 1 saturated heterocycles. The molecule has 2 atom stereocenters. The molecule has 1 N–H and O–H groups in total. The predicted octanol–water partition coefficient (Wildman–Crippen LogP) is 3.18. The van der Waals surface area contributed by atoms with E-state index in [1.165, 1.54) is 0 Å². The lowest BCUT2D eigenvalue weighted by Gasteiger charge is -2.36. The molecule has 1 fully saturated rings. The summed E-state index contributed by atoms with van der Waals surface area (Å²) in [5, 5.41) is 3.70. The topological polar surface area (TPSA) is 74.2 Å². The maximum atomic E-state index is 13.1. The normalized spacial score (nSPS) is 18.4. The third kappa shape index (κ3) is 4.49. The molecule has 174 valence electrons. The summed E-state index contributed by atoms with van der Waals surface area (Å²) in [7, 11) is 6.03. The molecule has 1 aliphatic rings. The molecule has 34 heavy (non-hydrogen) atoms. The average Bonchev–Trinajstić information content (AvgIpc) is 2.99. The largest absolute Gasteiger partial charge is 0.346 e. The molecule has 3 heterocycles. The second kappa shape index (κ2) is 9.29. The van der Waals surface area contributed by atoms with Crippen molar-refractivity contribution in [3.63, 3.8) is 0 Å². The van der Waals surface area contributed by atoms with Crippen LogP contribution in [0.1, 0.15) is 32.5 Å². The number of hydrogen-bond acceptors (Lipinski definition) is 5. The van der Waals surface area contributed by atoms with Crippen LogP contribution in [0.2, 0.25) is 5.02 Å². The van der Waals surface area contributed by atoms with Crippen LogP contribution in [0.25, 0.3) is 11.1 Å². The molecule has 3 aromatic rings. The Balaban J connectivity index is 1.54. The number of pyridine rings is 1. The van der Waals surface area contributed by atoms with Crippen LogP contribution in [0.4, 0.5) is 16.6 Å². The number of halogens is 1. The van der Waals surface area contributed by atoms with E-state index < -0.39 is 0 Å². The summed E-state index contributed by atoms with van der Waals surface area (Å²) in [5.74, 6) is 1.31. The van der Waals surface area contributed by atoms with Gasteiger partial charge in [0, 0.05) is 35.4 Å². The van der Waals surface area contributed by atoms with Crippen LogP contribution in [0.5, 0.6) is 0 Å². The van der Waals surface area contributed by atoms with Crippen molar-refractivity contribution < 1.29 is 4.79 Å². The van der Waals surface area contributed by atoms with Gasteiger partial charge in [-0.3, -0.25) is 9.88 Å². The fourth-order valence-electron chi connectivity index (χ4n) is 4.72. The lowest BCUT2D eigenvalue weighted by atomic mass is 9.55. The van der Waals surface area contributed by atoms with E-state index in [-0.39, 0.29) is 29.4 Å². The summed E-state index contributed by atoms with van der Waals surface area (Å²) in [6, 6.07) is 13.3.